The molecule has 7 heteroatoms. The van der Waals surface area contributed by atoms with E-state index in [4.69, 9.17) is 5.10 Å². The fourth-order valence-corrected chi connectivity index (χ4v) is 6.87. The van der Waals surface area contributed by atoms with Gasteiger partial charge in [0.25, 0.3) is 10.1 Å². The third kappa shape index (κ3) is 2.37. The number of nitrogens with zero attached hydrogens (tertiary/aromatic N) is 2. The van der Waals surface area contributed by atoms with E-state index in [1.165, 1.54) is 31.0 Å². The van der Waals surface area contributed by atoms with Crippen molar-refractivity contribution in [3.63, 3.8) is 0 Å². The molecule has 6 rings (SSSR count). The molecule has 5 aliphatic rings. The fourth-order valence-electron chi connectivity index (χ4n) is 6.29. The molecular formula is C20H27N3O3S. The lowest BCUT2D eigenvalue weighted by molar-refractivity contribution is -0.247. The first-order valence-electron chi connectivity index (χ1n) is 9.78. The van der Waals surface area contributed by atoms with Crippen molar-refractivity contribution in [2.24, 2.45) is 23.2 Å². The Bertz CT molecular complexity index is 955. The molecule has 0 spiro atoms. The van der Waals surface area contributed by atoms with Crippen LogP contribution in [-0.2, 0) is 15.7 Å². The first-order chi connectivity index (χ1) is 12.6. The second-order valence-corrected chi connectivity index (χ2v) is 10.8. The molecular weight excluding hydrogens is 362 g/mol. The minimum atomic E-state index is -4.15. The first kappa shape index (κ1) is 17.6. The Kier molecular flexibility index (Phi) is 3.49. The molecule has 4 fully saturated rings. The van der Waals surface area contributed by atoms with E-state index in [-0.39, 0.29) is 28.3 Å². The van der Waals surface area contributed by atoms with Gasteiger partial charge in [-0.05, 0) is 62.5 Å². The van der Waals surface area contributed by atoms with E-state index in [0.29, 0.717) is 11.3 Å². The second-order valence-electron chi connectivity index (χ2n) is 9.34. The third-order valence-corrected chi connectivity index (χ3v) is 8.40. The number of allylic oxidation sites excluding steroid dienone is 2. The van der Waals surface area contributed by atoms with Gasteiger partial charge in [-0.15, -0.1) is 0 Å². The average molecular weight is 390 g/mol. The minimum Gasteiger partial charge on any atom is -0.313 e. The van der Waals surface area contributed by atoms with E-state index >= 15 is 0 Å². The predicted molar refractivity (Wildman–Crippen MR) is 103 cm³/mol. The Morgan fingerprint density at radius 3 is 2.52 bits per heavy atom. The number of rotatable bonds is 4. The molecule has 1 aliphatic heterocycles. The summed E-state index contributed by atoms with van der Waals surface area (Å²) in [6, 6.07) is 2.43. The summed E-state index contributed by atoms with van der Waals surface area (Å²) in [4.78, 5) is 0.0368. The van der Waals surface area contributed by atoms with E-state index in [1.54, 1.807) is 6.08 Å². The zero-order valence-electron chi connectivity index (χ0n) is 16.0. The highest BCUT2D eigenvalue weighted by Crippen LogP contribution is 2.76. The largest absolute Gasteiger partial charge is 0.313 e. The van der Waals surface area contributed by atoms with Gasteiger partial charge in [-0.2, -0.15) is 13.5 Å². The Hall–Kier alpha value is -1.44. The van der Waals surface area contributed by atoms with Crippen LogP contribution in [0.2, 0.25) is 0 Å². The zero-order chi connectivity index (χ0) is 19.2. The van der Waals surface area contributed by atoms with Crippen molar-refractivity contribution in [2.75, 3.05) is 6.54 Å². The number of nitrogens with one attached hydrogen (secondary N) is 1. The molecule has 1 aromatic heterocycles. The van der Waals surface area contributed by atoms with Crippen molar-refractivity contribution >= 4 is 10.1 Å². The SMILES string of the molecule is Cc1cc(C)n(C23CC(C4CNC4C4C=C(S(=O)(=O)O)C=CC4C)(C2)C3)n1. The van der Waals surface area contributed by atoms with Gasteiger partial charge in [0.15, 0.2) is 0 Å². The molecule has 4 unspecified atom stereocenters. The van der Waals surface area contributed by atoms with Crippen LogP contribution in [0.15, 0.2) is 29.2 Å². The summed E-state index contributed by atoms with van der Waals surface area (Å²) < 4.78 is 34.8. The molecule has 0 radical (unpaired) electrons. The monoisotopic (exact) mass is 389 g/mol. The highest BCUT2D eigenvalue weighted by molar-refractivity contribution is 7.90. The van der Waals surface area contributed by atoms with Crippen LogP contribution in [0.1, 0.15) is 37.6 Å². The molecule has 4 aliphatic carbocycles. The second kappa shape index (κ2) is 5.33. The van der Waals surface area contributed by atoms with Crippen LogP contribution < -0.4 is 5.32 Å². The van der Waals surface area contributed by atoms with E-state index < -0.39 is 10.1 Å². The highest BCUT2D eigenvalue weighted by Gasteiger charge is 2.74. The van der Waals surface area contributed by atoms with Crippen molar-refractivity contribution in [1.82, 2.24) is 15.1 Å². The Balaban J connectivity index is 1.34. The molecule has 146 valence electrons. The molecule has 1 aromatic rings. The van der Waals surface area contributed by atoms with Gasteiger partial charge >= 0.3 is 0 Å². The van der Waals surface area contributed by atoms with Gasteiger partial charge in [0.2, 0.25) is 0 Å². The van der Waals surface area contributed by atoms with Gasteiger partial charge in [0.05, 0.1) is 16.1 Å². The van der Waals surface area contributed by atoms with Gasteiger partial charge in [-0.3, -0.25) is 9.23 Å². The standard InChI is InChI=1S/C20H27N3O3S/c1-12-4-5-15(27(24,25)26)7-16(12)18-17(8-21-18)19-9-20(10-19,11-19)23-14(3)6-13(2)22-23/h4-7,12,16-18,21H,8-11H2,1-3H3,(H,24,25,26). The summed E-state index contributed by atoms with van der Waals surface area (Å²) >= 11 is 0. The minimum absolute atomic E-state index is 0.0368. The molecule has 6 nitrogen and oxygen atoms in total. The van der Waals surface area contributed by atoms with Crippen molar-refractivity contribution < 1.29 is 13.0 Å². The number of aromatic nitrogens is 2. The summed E-state index contributed by atoms with van der Waals surface area (Å²) in [5.74, 6) is 0.923. The lowest BCUT2D eigenvalue weighted by Crippen LogP contribution is -2.77. The van der Waals surface area contributed by atoms with Gasteiger partial charge in [-0.25, -0.2) is 0 Å². The normalized spacial score (nSPS) is 42.7. The van der Waals surface area contributed by atoms with E-state index in [0.717, 1.165) is 12.2 Å². The topological polar surface area (TPSA) is 84.2 Å². The fraction of sp³-hybridized carbons (Fsp3) is 0.650. The lowest BCUT2D eigenvalue weighted by Gasteiger charge is -2.76. The maximum absolute atomic E-state index is 11.6. The van der Waals surface area contributed by atoms with Crippen molar-refractivity contribution in [2.45, 2.75) is 51.6 Å². The van der Waals surface area contributed by atoms with Crippen LogP contribution in [0, 0.1) is 37.0 Å². The quantitative estimate of drug-likeness (QED) is 0.773. The van der Waals surface area contributed by atoms with Crippen LogP contribution >= 0.6 is 0 Å². The van der Waals surface area contributed by atoms with Crippen LogP contribution in [0.25, 0.3) is 0 Å². The van der Waals surface area contributed by atoms with Crippen LogP contribution in [-0.4, -0.2) is 35.3 Å². The maximum Gasteiger partial charge on any atom is 0.294 e. The molecule has 27 heavy (non-hydrogen) atoms. The van der Waals surface area contributed by atoms with Gasteiger partial charge in [0, 0.05) is 24.2 Å². The van der Waals surface area contributed by atoms with E-state index in [1.807, 2.05) is 13.0 Å². The van der Waals surface area contributed by atoms with Crippen LogP contribution in [0.5, 0.6) is 0 Å². The summed E-state index contributed by atoms with van der Waals surface area (Å²) in [5, 5.41) is 8.28. The molecule has 3 saturated carbocycles. The molecule has 1 saturated heterocycles. The molecule has 2 heterocycles. The number of aryl methyl sites for hydroxylation is 2. The molecule has 0 amide bonds. The van der Waals surface area contributed by atoms with Gasteiger partial charge in [0.1, 0.15) is 0 Å². The smallest absolute Gasteiger partial charge is 0.294 e. The van der Waals surface area contributed by atoms with E-state index in [2.05, 4.69) is 29.9 Å². The predicted octanol–water partition coefficient (Wildman–Crippen LogP) is 2.56. The zero-order valence-corrected chi connectivity index (χ0v) is 16.8. The summed E-state index contributed by atoms with van der Waals surface area (Å²) in [6.45, 7) is 7.31. The summed E-state index contributed by atoms with van der Waals surface area (Å²) in [6.07, 6.45) is 8.73. The summed E-state index contributed by atoms with van der Waals surface area (Å²) in [7, 11) is -4.15. The van der Waals surface area contributed by atoms with Gasteiger partial charge in [-0.1, -0.05) is 19.1 Å². The number of hydrogen-bond acceptors (Lipinski definition) is 4. The molecule has 2 bridgehead atoms. The Morgan fingerprint density at radius 2 is 2.00 bits per heavy atom. The van der Waals surface area contributed by atoms with Gasteiger partial charge < -0.3 is 5.32 Å². The number of hydrogen-bond donors (Lipinski definition) is 2. The Morgan fingerprint density at radius 1 is 1.30 bits per heavy atom. The average Bonchev–Trinajstić information content (AvgIpc) is 2.79. The third-order valence-electron chi connectivity index (χ3n) is 7.54. The van der Waals surface area contributed by atoms with Crippen molar-refractivity contribution in [1.29, 1.82) is 0 Å². The van der Waals surface area contributed by atoms with Crippen molar-refractivity contribution in [3.8, 4) is 0 Å². The molecule has 0 aromatic carbocycles. The van der Waals surface area contributed by atoms with E-state index in [9.17, 15) is 13.0 Å². The highest BCUT2D eigenvalue weighted by atomic mass is 32.2. The van der Waals surface area contributed by atoms with Crippen LogP contribution in [0.4, 0.5) is 0 Å². The first-order valence-corrected chi connectivity index (χ1v) is 11.2. The van der Waals surface area contributed by atoms with Crippen molar-refractivity contribution in [3.05, 3.63) is 40.6 Å². The molecule has 4 atom stereocenters. The Labute approximate surface area is 160 Å². The lowest BCUT2D eigenvalue weighted by atomic mass is 9.33. The maximum atomic E-state index is 11.6. The van der Waals surface area contributed by atoms with Crippen LogP contribution in [0.3, 0.4) is 0 Å². The molecule has 2 N–H and O–H groups in total. The summed E-state index contributed by atoms with van der Waals surface area (Å²) in [5.41, 5.74) is 2.91.